The number of imide groups is 1. The second kappa shape index (κ2) is 9.78. The number of anilines is 1. The highest BCUT2D eigenvalue weighted by atomic mass is 35.5. The number of ether oxygens (including phenoxy) is 2. The lowest BCUT2D eigenvalue weighted by molar-refractivity contribution is -0.141. The van der Waals surface area contributed by atoms with Gasteiger partial charge in [-0.25, -0.2) is 0 Å². The molecule has 5 rings (SSSR count). The van der Waals surface area contributed by atoms with Gasteiger partial charge in [-0.1, -0.05) is 12.1 Å². The quantitative estimate of drug-likeness (QED) is 0.469. The van der Waals surface area contributed by atoms with Crippen LogP contribution in [-0.4, -0.2) is 90.4 Å². The summed E-state index contributed by atoms with van der Waals surface area (Å²) in [5.74, 6) is 0.135. The number of halogens is 1. The number of fused-ring (bicyclic) bond motifs is 2. The summed E-state index contributed by atoms with van der Waals surface area (Å²) in [6.07, 6.45) is 0.991. The Bertz CT molecular complexity index is 847. The number of epoxide rings is 1. The van der Waals surface area contributed by atoms with E-state index in [-0.39, 0.29) is 60.9 Å². The Balaban J connectivity index is 0.00000259. The molecule has 5 unspecified atom stereocenters. The summed E-state index contributed by atoms with van der Waals surface area (Å²) in [6.45, 7) is 7.88. The highest BCUT2D eigenvalue weighted by Gasteiger charge is 2.58. The molecule has 4 aliphatic rings. The molecule has 2 amide bonds. The van der Waals surface area contributed by atoms with Crippen molar-refractivity contribution >= 4 is 29.9 Å². The van der Waals surface area contributed by atoms with Gasteiger partial charge in [0.25, 0.3) is 0 Å². The van der Waals surface area contributed by atoms with Crippen LogP contribution >= 0.6 is 12.4 Å². The molecule has 1 aromatic carbocycles. The van der Waals surface area contributed by atoms with E-state index in [4.69, 9.17) is 9.47 Å². The smallest absolute Gasteiger partial charge is 0.233 e. The summed E-state index contributed by atoms with van der Waals surface area (Å²) in [6, 6.07) is 8.10. The average Bonchev–Trinajstić information content (AvgIpc) is 3.50. The molecule has 3 aliphatic heterocycles. The van der Waals surface area contributed by atoms with Gasteiger partial charge in [0.15, 0.2) is 0 Å². The molecule has 0 radical (unpaired) electrons. The van der Waals surface area contributed by atoms with Gasteiger partial charge in [-0.05, 0) is 38.8 Å². The van der Waals surface area contributed by atoms with Crippen LogP contribution in [0.15, 0.2) is 24.3 Å². The normalized spacial score (nSPS) is 30.1. The van der Waals surface area contributed by atoms with Crippen LogP contribution in [0.4, 0.5) is 5.69 Å². The summed E-state index contributed by atoms with van der Waals surface area (Å²) in [4.78, 5) is 31.3. The van der Waals surface area contributed by atoms with Gasteiger partial charge in [0.1, 0.15) is 5.75 Å². The summed E-state index contributed by atoms with van der Waals surface area (Å²) in [7, 11) is 0. The second-order valence-electron chi connectivity index (χ2n) is 9.76. The number of likely N-dealkylation sites (tertiary alicyclic amines) is 1. The number of carbonyl (C=O) groups excluding carboxylic acids is 2. The minimum atomic E-state index is -0.739. The van der Waals surface area contributed by atoms with Crippen molar-refractivity contribution in [3.05, 3.63) is 24.3 Å². The van der Waals surface area contributed by atoms with Crippen molar-refractivity contribution in [2.24, 2.45) is 11.8 Å². The van der Waals surface area contributed by atoms with Gasteiger partial charge in [0.2, 0.25) is 11.8 Å². The van der Waals surface area contributed by atoms with Crippen molar-refractivity contribution in [2.45, 2.75) is 51.1 Å². The molecular formula is C24H34ClN3O5. The van der Waals surface area contributed by atoms with Crippen LogP contribution in [0.25, 0.3) is 0 Å². The van der Waals surface area contributed by atoms with E-state index in [1.165, 1.54) is 4.90 Å². The third kappa shape index (κ3) is 4.99. The lowest BCUT2D eigenvalue weighted by Crippen LogP contribution is -2.50. The van der Waals surface area contributed by atoms with Gasteiger partial charge in [0, 0.05) is 32.7 Å². The molecule has 182 valence electrons. The molecule has 33 heavy (non-hydrogen) atoms. The fourth-order valence-corrected chi connectivity index (χ4v) is 5.47. The Morgan fingerprint density at radius 3 is 2.21 bits per heavy atom. The van der Waals surface area contributed by atoms with Gasteiger partial charge in [-0.3, -0.25) is 19.4 Å². The molecule has 1 aliphatic carbocycles. The fourth-order valence-electron chi connectivity index (χ4n) is 5.47. The first-order valence-corrected chi connectivity index (χ1v) is 11.8. The van der Waals surface area contributed by atoms with Crippen molar-refractivity contribution in [3.8, 4) is 5.75 Å². The SMILES string of the molecule is CC(C)Oc1ccccc1N1CCN(CC(O)CN2C(=O)C3CC4OC4CC3C2=O)CC1.Cl. The number of amides is 2. The molecule has 8 nitrogen and oxygen atoms in total. The molecule has 5 atom stereocenters. The number of rotatable bonds is 7. The molecule has 0 aromatic heterocycles. The first-order valence-electron chi connectivity index (χ1n) is 11.8. The maximum absolute atomic E-state index is 12.8. The number of piperazine rings is 1. The molecular weight excluding hydrogens is 446 g/mol. The zero-order valence-electron chi connectivity index (χ0n) is 19.3. The number of aliphatic hydroxyl groups is 1. The van der Waals surface area contributed by atoms with E-state index in [1.54, 1.807) is 0 Å². The molecule has 0 bridgehead atoms. The second-order valence-corrected chi connectivity index (χ2v) is 9.76. The summed E-state index contributed by atoms with van der Waals surface area (Å²) in [5.41, 5.74) is 1.10. The van der Waals surface area contributed by atoms with Crippen LogP contribution < -0.4 is 9.64 Å². The topological polar surface area (TPSA) is 85.8 Å². The largest absolute Gasteiger partial charge is 0.489 e. The fraction of sp³-hybridized carbons (Fsp3) is 0.667. The number of hydrogen-bond donors (Lipinski definition) is 1. The van der Waals surface area contributed by atoms with E-state index < -0.39 is 6.10 Å². The number of carbonyl (C=O) groups is 2. The van der Waals surface area contributed by atoms with Crippen molar-refractivity contribution in [2.75, 3.05) is 44.2 Å². The van der Waals surface area contributed by atoms with E-state index in [0.29, 0.717) is 19.4 Å². The van der Waals surface area contributed by atoms with E-state index in [1.807, 2.05) is 32.0 Å². The predicted molar refractivity (Wildman–Crippen MR) is 126 cm³/mol. The first kappa shape index (κ1) is 24.3. The number of β-amino-alcohol motifs (C(OH)–C–C–N with tert-alkyl or cyclic N) is 1. The highest BCUT2D eigenvalue weighted by molar-refractivity contribution is 6.05. The van der Waals surface area contributed by atoms with Crippen LogP contribution in [-0.2, 0) is 14.3 Å². The van der Waals surface area contributed by atoms with Crippen LogP contribution in [0.1, 0.15) is 26.7 Å². The van der Waals surface area contributed by atoms with Crippen molar-refractivity contribution < 1.29 is 24.2 Å². The zero-order valence-corrected chi connectivity index (χ0v) is 20.1. The summed E-state index contributed by atoms with van der Waals surface area (Å²) in [5, 5.41) is 10.7. The Kier molecular flexibility index (Phi) is 7.19. The number of aliphatic hydroxyl groups excluding tert-OH is 1. The molecule has 3 heterocycles. The Morgan fingerprint density at radius 2 is 1.61 bits per heavy atom. The molecule has 4 fully saturated rings. The van der Waals surface area contributed by atoms with Crippen LogP contribution in [0.3, 0.4) is 0 Å². The molecule has 9 heteroatoms. The Labute approximate surface area is 201 Å². The average molecular weight is 480 g/mol. The van der Waals surface area contributed by atoms with Crippen LogP contribution in [0, 0.1) is 11.8 Å². The van der Waals surface area contributed by atoms with Crippen molar-refractivity contribution in [1.29, 1.82) is 0 Å². The highest BCUT2D eigenvalue weighted by Crippen LogP contribution is 2.47. The van der Waals surface area contributed by atoms with Gasteiger partial charge < -0.3 is 19.5 Å². The Morgan fingerprint density at radius 1 is 1.00 bits per heavy atom. The molecule has 1 saturated carbocycles. The number of nitrogens with zero attached hydrogens (tertiary/aromatic N) is 3. The van der Waals surface area contributed by atoms with Gasteiger partial charge >= 0.3 is 0 Å². The minimum Gasteiger partial charge on any atom is -0.489 e. The molecule has 1 N–H and O–H groups in total. The number of hydrogen-bond acceptors (Lipinski definition) is 7. The summed E-state index contributed by atoms with van der Waals surface area (Å²) < 4.78 is 11.5. The third-order valence-electron chi connectivity index (χ3n) is 7.12. The predicted octanol–water partition coefficient (Wildman–Crippen LogP) is 1.54. The molecule has 3 saturated heterocycles. The lowest BCUT2D eigenvalue weighted by Gasteiger charge is -2.37. The van der Waals surface area contributed by atoms with Crippen LogP contribution in [0.5, 0.6) is 5.75 Å². The van der Waals surface area contributed by atoms with Crippen molar-refractivity contribution in [3.63, 3.8) is 0 Å². The van der Waals surface area contributed by atoms with E-state index >= 15 is 0 Å². The standard InChI is InChI=1S/C24H33N3O5.ClH/c1-15(2)31-20-6-4-3-5-19(20)26-9-7-25(8-10-26)13-16(28)14-27-23(29)17-11-21-22(32-21)12-18(17)24(27)30;/h3-6,15-18,21-22,28H,7-14H2,1-2H3;1H. The minimum absolute atomic E-state index is 0. The number of para-hydroxylation sites is 2. The van der Waals surface area contributed by atoms with Crippen LogP contribution in [0.2, 0.25) is 0 Å². The monoisotopic (exact) mass is 479 g/mol. The maximum atomic E-state index is 12.8. The summed E-state index contributed by atoms with van der Waals surface area (Å²) >= 11 is 0. The van der Waals surface area contributed by atoms with Gasteiger partial charge in [-0.15, -0.1) is 12.4 Å². The van der Waals surface area contributed by atoms with Gasteiger partial charge in [0.05, 0.1) is 48.5 Å². The molecule has 0 spiro atoms. The number of benzene rings is 1. The Hall–Kier alpha value is -1.87. The van der Waals surface area contributed by atoms with Crippen molar-refractivity contribution in [1.82, 2.24) is 9.80 Å². The first-order chi connectivity index (χ1) is 15.4. The lowest BCUT2D eigenvalue weighted by atomic mass is 9.81. The van der Waals surface area contributed by atoms with E-state index in [0.717, 1.165) is 37.6 Å². The van der Waals surface area contributed by atoms with Gasteiger partial charge in [-0.2, -0.15) is 0 Å². The van der Waals surface area contributed by atoms with E-state index in [9.17, 15) is 14.7 Å². The zero-order chi connectivity index (χ0) is 22.4. The third-order valence-corrected chi connectivity index (χ3v) is 7.12. The van der Waals surface area contributed by atoms with E-state index in [2.05, 4.69) is 15.9 Å². The maximum Gasteiger partial charge on any atom is 0.233 e. The molecule has 1 aromatic rings.